The number of hydrogen-bond acceptors (Lipinski definition) is 1. The molecule has 1 unspecified atom stereocenters. The van der Waals surface area contributed by atoms with Gasteiger partial charge in [-0.3, -0.25) is 4.99 Å². The Morgan fingerprint density at radius 2 is 2.29 bits per heavy atom. The van der Waals surface area contributed by atoms with Crippen molar-refractivity contribution in [1.82, 2.24) is 0 Å². The van der Waals surface area contributed by atoms with Gasteiger partial charge in [0.15, 0.2) is 0 Å². The second kappa shape index (κ2) is 6.10. The van der Waals surface area contributed by atoms with Crippen LogP contribution in [0.3, 0.4) is 0 Å². The Morgan fingerprint density at radius 1 is 1.50 bits per heavy atom. The summed E-state index contributed by atoms with van der Waals surface area (Å²) in [7, 11) is 2.67. The molecule has 74 valence electrons. The lowest BCUT2D eigenvalue weighted by Gasteiger charge is -1.99. The highest BCUT2D eigenvalue weighted by molar-refractivity contribution is 9.10. The van der Waals surface area contributed by atoms with E-state index in [0.29, 0.717) is 0 Å². The second-order valence-corrected chi connectivity index (χ2v) is 4.41. The maximum absolute atomic E-state index is 4.30. The van der Waals surface area contributed by atoms with Crippen LogP contribution in [0.25, 0.3) is 0 Å². The summed E-state index contributed by atoms with van der Waals surface area (Å²) < 4.78 is 1.08. The van der Waals surface area contributed by atoms with Crippen molar-refractivity contribution in [3.63, 3.8) is 0 Å². The third-order valence-corrected chi connectivity index (χ3v) is 2.79. The van der Waals surface area contributed by atoms with Crippen LogP contribution >= 0.6 is 25.2 Å². The van der Waals surface area contributed by atoms with Crippen LogP contribution in [-0.2, 0) is 0 Å². The van der Waals surface area contributed by atoms with E-state index in [1.54, 1.807) is 0 Å². The van der Waals surface area contributed by atoms with E-state index >= 15 is 0 Å². The first-order valence-electron chi connectivity index (χ1n) is 4.40. The minimum atomic E-state index is 0.803. The van der Waals surface area contributed by atoms with Crippen molar-refractivity contribution in [3.05, 3.63) is 40.9 Å². The zero-order chi connectivity index (χ0) is 10.4. The molecule has 14 heavy (non-hydrogen) atoms. The Kier molecular flexibility index (Phi) is 5.06. The summed E-state index contributed by atoms with van der Waals surface area (Å²) in [6, 6.07) is 6.14. The quantitative estimate of drug-likeness (QED) is 0.345. The topological polar surface area (TPSA) is 12.4 Å². The zero-order valence-electron chi connectivity index (χ0n) is 7.91. The molecule has 0 fully saturated rings. The van der Waals surface area contributed by atoms with Crippen LogP contribution in [0.15, 0.2) is 40.3 Å². The summed E-state index contributed by atoms with van der Waals surface area (Å²) in [4.78, 5) is 4.30. The molecule has 1 aromatic rings. The molecule has 0 saturated heterocycles. The van der Waals surface area contributed by atoms with Crippen molar-refractivity contribution >= 4 is 36.7 Å². The van der Waals surface area contributed by atoms with Gasteiger partial charge in [0.2, 0.25) is 0 Å². The molecule has 0 radical (unpaired) electrons. The van der Waals surface area contributed by atoms with Crippen LogP contribution in [0.4, 0.5) is 0 Å². The molecule has 0 saturated carbocycles. The SMILES string of the molecule is C=CCCN=Cc1cc(P)ccc1Br. The average molecular weight is 270 g/mol. The van der Waals surface area contributed by atoms with Crippen LogP contribution in [0.1, 0.15) is 12.0 Å². The predicted molar refractivity (Wildman–Crippen MR) is 70.8 cm³/mol. The van der Waals surface area contributed by atoms with E-state index in [-0.39, 0.29) is 0 Å². The number of halogens is 1. The molecule has 3 heteroatoms. The molecular weight excluding hydrogens is 257 g/mol. The second-order valence-electron chi connectivity index (χ2n) is 2.89. The maximum atomic E-state index is 4.30. The molecule has 1 atom stereocenters. The fourth-order valence-electron chi connectivity index (χ4n) is 0.990. The Morgan fingerprint density at radius 3 is 3.00 bits per heavy atom. The minimum absolute atomic E-state index is 0.803. The Labute approximate surface area is 95.7 Å². The van der Waals surface area contributed by atoms with Gasteiger partial charge in [0.25, 0.3) is 0 Å². The normalized spacial score (nSPS) is 10.7. The van der Waals surface area contributed by atoms with Gasteiger partial charge in [0.1, 0.15) is 0 Å². The Bertz CT molecular complexity index is 347. The largest absolute Gasteiger partial charge is 0.292 e. The highest BCUT2D eigenvalue weighted by atomic mass is 79.9. The van der Waals surface area contributed by atoms with Gasteiger partial charge in [-0.25, -0.2) is 0 Å². The van der Waals surface area contributed by atoms with Crippen molar-refractivity contribution in [2.45, 2.75) is 6.42 Å². The van der Waals surface area contributed by atoms with Gasteiger partial charge in [0, 0.05) is 22.8 Å². The first-order chi connectivity index (χ1) is 6.74. The van der Waals surface area contributed by atoms with E-state index in [1.165, 1.54) is 5.30 Å². The van der Waals surface area contributed by atoms with E-state index in [1.807, 2.05) is 24.4 Å². The van der Waals surface area contributed by atoms with Gasteiger partial charge in [-0.05, 0) is 23.9 Å². The lowest BCUT2D eigenvalue weighted by molar-refractivity contribution is 1.02. The third kappa shape index (κ3) is 3.73. The van der Waals surface area contributed by atoms with Crippen molar-refractivity contribution < 1.29 is 0 Å². The van der Waals surface area contributed by atoms with Crippen LogP contribution in [0.5, 0.6) is 0 Å². The molecule has 0 N–H and O–H groups in total. The number of hydrogen-bond donors (Lipinski definition) is 0. The molecule has 0 heterocycles. The first-order valence-corrected chi connectivity index (χ1v) is 5.77. The maximum Gasteiger partial charge on any atom is 0.0423 e. The summed E-state index contributed by atoms with van der Waals surface area (Å²) in [5.74, 6) is 0. The fraction of sp³-hybridized carbons (Fsp3) is 0.182. The Balaban J connectivity index is 2.70. The van der Waals surface area contributed by atoms with Crippen LogP contribution in [0.2, 0.25) is 0 Å². The number of benzene rings is 1. The molecule has 0 spiro atoms. The summed E-state index contributed by atoms with van der Waals surface area (Å²) in [6.07, 6.45) is 4.69. The standard InChI is InChI=1S/C11H13BrNP/c1-2-3-6-13-8-9-7-10(14)4-5-11(9)12/h2,4-5,7-8H,1,3,6,14H2. The highest BCUT2D eigenvalue weighted by Crippen LogP contribution is 2.13. The van der Waals surface area contributed by atoms with Gasteiger partial charge in [-0.2, -0.15) is 0 Å². The molecule has 1 aromatic carbocycles. The van der Waals surface area contributed by atoms with Gasteiger partial charge in [0.05, 0.1) is 0 Å². The number of rotatable bonds is 4. The molecule has 0 aliphatic rings. The molecular formula is C11H13BrNP. The molecule has 0 aliphatic carbocycles. The molecule has 0 bridgehead atoms. The van der Waals surface area contributed by atoms with Gasteiger partial charge >= 0.3 is 0 Å². The van der Waals surface area contributed by atoms with Crippen LogP contribution < -0.4 is 5.30 Å². The van der Waals surface area contributed by atoms with Crippen LogP contribution in [0, 0.1) is 0 Å². The van der Waals surface area contributed by atoms with Crippen molar-refractivity contribution in [2.75, 3.05) is 6.54 Å². The van der Waals surface area contributed by atoms with E-state index in [4.69, 9.17) is 0 Å². The fourth-order valence-corrected chi connectivity index (χ4v) is 1.61. The molecule has 0 amide bonds. The number of aliphatic imine (C=N–C) groups is 1. The number of nitrogens with zero attached hydrogens (tertiary/aromatic N) is 1. The molecule has 1 nitrogen and oxygen atoms in total. The van der Waals surface area contributed by atoms with Gasteiger partial charge in [-0.15, -0.1) is 15.8 Å². The summed E-state index contributed by atoms with van der Waals surface area (Å²) >= 11 is 3.48. The van der Waals surface area contributed by atoms with E-state index in [2.05, 4.69) is 42.8 Å². The van der Waals surface area contributed by atoms with Gasteiger partial charge in [-0.1, -0.05) is 28.1 Å². The zero-order valence-corrected chi connectivity index (χ0v) is 10.7. The smallest absolute Gasteiger partial charge is 0.0423 e. The van der Waals surface area contributed by atoms with E-state index in [9.17, 15) is 0 Å². The van der Waals surface area contributed by atoms with Gasteiger partial charge < -0.3 is 0 Å². The van der Waals surface area contributed by atoms with Crippen molar-refractivity contribution in [2.24, 2.45) is 4.99 Å². The highest BCUT2D eigenvalue weighted by Gasteiger charge is 1.95. The molecule has 0 aromatic heterocycles. The van der Waals surface area contributed by atoms with E-state index < -0.39 is 0 Å². The van der Waals surface area contributed by atoms with Crippen molar-refractivity contribution in [3.8, 4) is 0 Å². The Hall–Kier alpha value is -0.460. The van der Waals surface area contributed by atoms with Crippen LogP contribution in [-0.4, -0.2) is 12.8 Å². The van der Waals surface area contributed by atoms with E-state index in [0.717, 1.165) is 23.0 Å². The summed E-state index contributed by atoms with van der Waals surface area (Å²) in [5, 5.41) is 1.17. The lowest BCUT2D eigenvalue weighted by atomic mass is 10.2. The first kappa shape index (κ1) is 11.6. The monoisotopic (exact) mass is 269 g/mol. The van der Waals surface area contributed by atoms with Crippen molar-refractivity contribution in [1.29, 1.82) is 0 Å². The molecule has 1 rings (SSSR count). The summed E-state index contributed by atoms with van der Waals surface area (Å²) in [5.41, 5.74) is 1.11. The minimum Gasteiger partial charge on any atom is -0.292 e. The summed E-state index contributed by atoms with van der Waals surface area (Å²) in [6.45, 7) is 4.45. The third-order valence-electron chi connectivity index (χ3n) is 1.71. The molecule has 0 aliphatic heterocycles. The predicted octanol–water partition coefficient (Wildman–Crippen LogP) is 2.94. The lowest BCUT2D eigenvalue weighted by Crippen LogP contribution is -1.94. The average Bonchev–Trinajstić information content (AvgIpc) is 2.18.